The van der Waals surface area contributed by atoms with Gasteiger partial charge in [0.05, 0.1) is 6.10 Å². The Balaban J connectivity index is 1.61. The summed E-state index contributed by atoms with van der Waals surface area (Å²) in [7, 11) is 0. The summed E-state index contributed by atoms with van der Waals surface area (Å²) >= 11 is 1.70. The minimum Gasteiger partial charge on any atom is -0.388 e. The first-order chi connectivity index (χ1) is 9.40. The second kappa shape index (κ2) is 4.10. The van der Waals surface area contributed by atoms with Crippen molar-refractivity contribution >= 4 is 11.3 Å². The molecule has 1 heterocycles. The average Bonchev–Trinajstić information content (AvgIpc) is 2.75. The molecule has 110 valence electrons. The maximum Gasteiger partial charge on any atom is 0.0803 e. The van der Waals surface area contributed by atoms with Crippen LogP contribution in [0.1, 0.15) is 70.5 Å². The highest BCUT2D eigenvalue weighted by Crippen LogP contribution is 2.71. The van der Waals surface area contributed by atoms with E-state index < -0.39 is 0 Å². The quantitative estimate of drug-likeness (QED) is 0.814. The van der Waals surface area contributed by atoms with Gasteiger partial charge in [0, 0.05) is 0 Å². The first-order valence-electron chi connectivity index (χ1n) is 8.10. The standard InChI is InChI=1S/C18H26OS/c1-16-5-13-6-17(2,10-16)12-18(7-13,11-16)8-15(19)14-3-4-20-9-14/h3-4,9,13,15,19H,5-8,10-12H2,1-2H3. The highest BCUT2D eigenvalue weighted by molar-refractivity contribution is 7.07. The molecule has 5 rings (SSSR count). The van der Waals surface area contributed by atoms with Crippen molar-refractivity contribution in [2.24, 2.45) is 22.2 Å². The van der Waals surface area contributed by atoms with Crippen LogP contribution in [0.3, 0.4) is 0 Å². The number of rotatable bonds is 3. The van der Waals surface area contributed by atoms with Crippen molar-refractivity contribution in [1.29, 1.82) is 0 Å². The predicted molar refractivity (Wildman–Crippen MR) is 83.7 cm³/mol. The van der Waals surface area contributed by atoms with Gasteiger partial charge in [0.15, 0.2) is 0 Å². The second-order valence-electron chi connectivity index (χ2n) is 8.91. The van der Waals surface area contributed by atoms with E-state index in [2.05, 4.69) is 30.7 Å². The minimum absolute atomic E-state index is 0.246. The number of aliphatic hydroxyl groups excluding tert-OH is 1. The van der Waals surface area contributed by atoms with Gasteiger partial charge in [-0.15, -0.1) is 0 Å². The van der Waals surface area contributed by atoms with Crippen LogP contribution in [0.4, 0.5) is 0 Å². The van der Waals surface area contributed by atoms with E-state index in [1.54, 1.807) is 11.3 Å². The largest absolute Gasteiger partial charge is 0.388 e. The molecule has 1 aromatic heterocycles. The average molecular weight is 290 g/mol. The molecule has 20 heavy (non-hydrogen) atoms. The highest BCUT2D eigenvalue weighted by atomic mass is 32.1. The molecular formula is C18H26OS. The van der Waals surface area contributed by atoms with Crippen LogP contribution in [0, 0.1) is 22.2 Å². The van der Waals surface area contributed by atoms with Crippen molar-refractivity contribution in [3.63, 3.8) is 0 Å². The molecule has 0 amide bonds. The van der Waals surface area contributed by atoms with Crippen molar-refractivity contribution in [3.8, 4) is 0 Å². The van der Waals surface area contributed by atoms with Gasteiger partial charge in [-0.2, -0.15) is 11.3 Å². The molecule has 0 aromatic carbocycles. The third-order valence-electron chi connectivity index (χ3n) is 6.30. The van der Waals surface area contributed by atoms with E-state index >= 15 is 0 Å². The Kier molecular flexibility index (Phi) is 2.74. The van der Waals surface area contributed by atoms with Crippen LogP contribution in [0.25, 0.3) is 0 Å². The molecule has 2 heteroatoms. The predicted octanol–water partition coefficient (Wildman–Crippen LogP) is 5.17. The third-order valence-corrected chi connectivity index (χ3v) is 7.00. The fraction of sp³-hybridized carbons (Fsp3) is 0.778. The van der Waals surface area contributed by atoms with E-state index in [9.17, 15) is 5.11 Å². The third kappa shape index (κ3) is 2.07. The topological polar surface area (TPSA) is 20.2 Å². The summed E-state index contributed by atoms with van der Waals surface area (Å²) < 4.78 is 0. The van der Waals surface area contributed by atoms with E-state index in [1.165, 1.54) is 38.5 Å². The zero-order chi connectivity index (χ0) is 14.0. The lowest BCUT2D eigenvalue weighted by molar-refractivity contribution is -0.157. The summed E-state index contributed by atoms with van der Waals surface area (Å²) in [5.41, 5.74) is 2.68. The molecule has 1 nitrogen and oxygen atoms in total. The Bertz CT molecular complexity index is 487. The van der Waals surface area contributed by atoms with Gasteiger partial charge in [0.2, 0.25) is 0 Å². The van der Waals surface area contributed by atoms with Crippen LogP contribution >= 0.6 is 11.3 Å². The molecule has 4 bridgehead atoms. The van der Waals surface area contributed by atoms with E-state index in [0.717, 1.165) is 17.9 Å². The molecule has 4 aliphatic rings. The number of aliphatic hydroxyl groups is 1. The molecule has 0 spiro atoms. The van der Waals surface area contributed by atoms with Gasteiger partial charge in [-0.1, -0.05) is 13.8 Å². The van der Waals surface area contributed by atoms with Crippen LogP contribution < -0.4 is 0 Å². The molecule has 3 atom stereocenters. The minimum atomic E-state index is -0.246. The van der Waals surface area contributed by atoms with Gasteiger partial charge < -0.3 is 5.11 Å². The Morgan fingerprint density at radius 1 is 1.20 bits per heavy atom. The van der Waals surface area contributed by atoms with Gasteiger partial charge in [-0.05, 0) is 89.5 Å². The Labute approximate surface area is 126 Å². The summed E-state index contributed by atoms with van der Waals surface area (Å²) in [4.78, 5) is 0. The Morgan fingerprint density at radius 2 is 1.90 bits per heavy atom. The lowest BCUT2D eigenvalue weighted by Crippen LogP contribution is -2.55. The lowest BCUT2D eigenvalue weighted by atomic mass is 9.39. The molecule has 0 radical (unpaired) electrons. The van der Waals surface area contributed by atoms with Gasteiger partial charge in [-0.25, -0.2) is 0 Å². The van der Waals surface area contributed by atoms with Crippen LogP contribution in [0.5, 0.6) is 0 Å². The van der Waals surface area contributed by atoms with E-state index in [-0.39, 0.29) is 6.10 Å². The molecule has 0 saturated heterocycles. The van der Waals surface area contributed by atoms with Crippen LogP contribution in [0.15, 0.2) is 16.8 Å². The number of hydrogen-bond donors (Lipinski definition) is 1. The molecule has 1 N–H and O–H groups in total. The fourth-order valence-electron chi connectivity index (χ4n) is 6.90. The van der Waals surface area contributed by atoms with Crippen molar-refractivity contribution < 1.29 is 5.11 Å². The Hall–Kier alpha value is -0.340. The molecule has 3 unspecified atom stereocenters. The van der Waals surface area contributed by atoms with Crippen LogP contribution in [0.2, 0.25) is 0 Å². The first-order valence-corrected chi connectivity index (χ1v) is 9.04. The molecule has 4 saturated carbocycles. The molecule has 1 aromatic rings. The van der Waals surface area contributed by atoms with E-state index in [4.69, 9.17) is 0 Å². The van der Waals surface area contributed by atoms with Crippen molar-refractivity contribution in [2.45, 2.75) is 64.9 Å². The maximum absolute atomic E-state index is 10.6. The maximum atomic E-state index is 10.6. The molecule has 0 aliphatic heterocycles. The lowest BCUT2D eigenvalue weighted by Gasteiger charge is -2.66. The molecular weight excluding hydrogens is 264 g/mol. The monoisotopic (exact) mass is 290 g/mol. The van der Waals surface area contributed by atoms with E-state index in [1.807, 2.05) is 0 Å². The summed E-state index contributed by atoms with van der Waals surface area (Å²) in [6.45, 7) is 5.03. The van der Waals surface area contributed by atoms with Crippen LogP contribution in [-0.2, 0) is 0 Å². The first kappa shape index (κ1) is 13.3. The number of thiophene rings is 1. The van der Waals surface area contributed by atoms with Crippen molar-refractivity contribution in [2.75, 3.05) is 0 Å². The smallest absolute Gasteiger partial charge is 0.0803 e. The zero-order valence-corrected chi connectivity index (χ0v) is 13.5. The molecule has 4 aliphatic carbocycles. The summed E-state index contributed by atoms with van der Waals surface area (Å²) in [5.74, 6) is 0.927. The normalized spacial score (nSPS) is 47.6. The van der Waals surface area contributed by atoms with Crippen LogP contribution in [-0.4, -0.2) is 5.11 Å². The van der Waals surface area contributed by atoms with Crippen molar-refractivity contribution in [3.05, 3.63) is 22.4 Å². The number of hydrogen-bond acceptors (Lipinski definition) is 2. The van der Waals surface area contributed by atoms with Gasteiger partial charge in [0.1, 0.15) is 0 Å². The highest BCUT2D eigenvalue weighted by Gasteiger charge is 2.60. The zero-order valence-electron chi connectivity index (χ0n) is 12.7. The van der Waals surface area contributed by atoms with Gasteiger partial charge in [0.25, 0.3) is 0 Å². The van der Waals surface area contributed by atoms with Crippen molar-refractivity contribution in [1.82, 2.24) is 0 Å². The SMILES string of the molecule is CC12CC3CC(C)(C1)CC(CC(O)c1ccsc1)(C3)C2. The Morgan fingerprint density at radius 3 is 2.45 bits per heavy atom. The second-order valence-corrected chi connectivity index (χ2v) is 9.69. The van der Waals surface area contributed by atoms with E-state index in [0.29, 0.717) is 16.2 Å². The van der Waals surface area contributed by atoms with Gasteiger partial charge >= 0.3 is 0 Å². The molecule has 4 fully saturated rings. The summed E-state index contributed by atoms with van der Waals surface area (Å²) in [5, 5.41) is 14.8. The fourth-order valence-corrected chi connectivity index (χ4v) is 7.61. The summed E-state index contributed by atoms with van der Waals surface area (Å²) in [6, 6.07) is 2.10. The summed E-state index contributed by atoms with van der Waals surface area (Å²) in [6.07, 6.45) is 9.14. The van der Waals surface area contributed by atoms with Gasteiger partial charge in [-0.3, -0.25) is 0 Å².